The van der Waals surface area contributed by atoms with Gasteiger partial charge < -0.3 is 8.92 Å². The molecule has 0 atom stereocenters. The lowest BCUT2D eigenvalue weighted by molar-refractivity contribution is -0.137. The highest BCUT2D eigenvalue weighted by atomic mass is 32.2. The molecule has 1 rings (SSSR count). The molecule has 0 saturated carbocycles. The second kappa shape index (κ2) is 6.12. The van der Waals surface area contributed by atoms with Crippen LogP contribution >= 0.6 is 12.0 Å². The minimum Gasteiger partial charge on any atom is -0.382 e. The topological polar surface area (TPSA) is 18.5 Å². The zero-order valence-corrected chi connectivity index (χ0v) is 9.40. The zero-order valence-electron chi connectivity index (χ0n) is 8.58. The second-order valence-electron chi connectivity index (χ2n) is 2.92. The molecular weight excluding hydrogens is 241 g/mol. The fraction of sp³-hybridized carbons (Fsp3) is 0.400. The number of rotatable bonds is 5. The van der Waals surface area contributed by atoms with Crippen molar-refractivity contribution in [1.29, 1.82) is 0 Å². The van der Waals surface area contributed by atoms with E-state index in [0.717, 1.165) is 24.2 Å². The molecule has 90 valence electrons. The lowest BCUT2D eigenvalue weighted by atomic mass is 10.2. The van der Waals surface area contributed by atoms with Crippen molar-refractivity contribution in [2.24, 2.45) is 0 Å². The molecule has 0 N–H and O–H groups in total. The predicted molar refractivity (Wildman–Crippen MR) is 55.1 cm³/mol. The van der Waals surface area contributed by atoms with Crippen LogP contribution in [0.1, 0.15) is 5.56 Å². The molecule has 1 aromatic rings. The average molecular weight is 252 g/mol. The third kappa shape index (κ3) is 4.42. The number of halogens is 3. The summed E-state index contributed by atoms with van der Waals surface area (Å²) in [5.41, 5.74) is -0.673. The van der Waals surface area contributed by atoms with Crippen molar-refractivity contribution in [3.63, 3.8) is 0 Å². The van der Waals surface area contributed by atoms with Gasteiger partial charge >= 0.3 is 6.18 Å². The molecule has 0 aliphatic carbocycles. The summed E-state index contributed by atoms with van der Waals surface area (Å²) in [6.07, 6.45) is -4.32. The Labute approximate surface area is 95.9 Å². The Morgan fingerprint density at radius 3 is 2.62 bits per heavy atom. The van der Waals surface area contributed by atoms with Crippen LogP contribution in [-0.4, -0.2) is 20.3 Å². The SMILES string of the molecule is COCCOSc1cccc(C(F)(F)F)c1. The third-order valence-electron chi connectivity index (χ3n) is 1.69. The first-order valence-electron chi connectivity index (χ1n) is 4.49. The number of ether oxygens (including phenoxy) is 1. The molecule has 6 heteroatoms. The summed E-state index contributed by atoms with van der Waals surface area (Å²) in [6, 6.07) is 4.99. The normalized spacial score (nSPS) is 11.8. The van der Waals surface area contributed by atoms with Gasteiger partial charge in [0.2, 0.25) is 0 Å². The quantitative estimate of drug-likeness (QED) is 0.591. The van der Waals surface area contributed by atoms with E-state index in [9.17, 15) is 13.2 Å². The first-order chi connectivity index (χ1) is 7.54. The van der Waals surface area contributed by atoms with Crippen LogP contribution in [0.15, 0.2) is 29.2 Å². The Morgan fingerprint density at radius 1 is 1.25 bits per heavy atom. The van der Waals surface area contributed by atoms with E-state index in [2.05, 4.69) is 0 Å². The molecule has 0 unspecified atom stereocenters. The predicted octanol–water partition coefficient (Wildman–Crippen LogP) is 3.38. The number of alkyl halides is 3. The monoisotopic (exact) mass is 252 g/mol. The molecule has 0 amide bonds. The summed E-state index contributed by atoms with van der Waals surface area (Å²) in [5.74, 6) is 0. The molecule has 0 bridgehead atoms. The minimum absolute atomic E-state index is 0.331. The Balaban J connectivity index is 2.54. The van der Waals surface area contributed by atoms with Gasteiger partial charge in [-0.1, -0.05) is 6.07 Å². The van der Waals surface area contributed by atoms with Crippen LogP contribution in [0, 0.1) is 0 Å². The lowest BCUT2D eigenvalue weighted by Crippen LogP contribution is -2.04. The molecule has 0 saturated heterocycles. The molecule has 2 nitrogen and oxygen atoms in total. The molecule has 0 aliphatic heterocycles. The molecular formula is C10H11F3O2S. The van der Waals surface area contributed by atoms with Crippen molar-refractivity contribution in [2.75, 3.05) is 20.3 Å². The Hall–Kier alpha value is -0.720. The highest BCUT2D eigenvalue weighted by Crippen LogP contribution is 2.31. The molecule has 0 aromatic heterocycles. The maximum absolute atomic E-state index is 12.3. The number of benzene rings is 1. The summed E-state index contributed by atoms with van der Waals surface area (Å²) >= 11 is 0.911. The molecule has 0 spiro atoms. The second-order valence-corrected chi connectivity index (χ2v) is 3.80. The van der Waals surface area contributed by atoms with Gasteiger partial charge in [0.15, 0.2) is 0 Å². The van der Waals surface area contributed by atoms with Crippen LogP contribution in [0.2, 0.25) is 0 Å². The molecule has 0 radical (unpaired) electrons. The van der Waals surface area contributed by atoms with E-state index in [1.165, 1.54) is 13.2 Å². The van der Waals surface area contributed by atoms with E-state index in [4.69, 9.17) is 8.92 Å². The van der Waals surface area contributed by atoms with Crippen LogP contribution in [0.3, 0.4) is 0 Å². The maximum atomic E-state index is 12.3. The van der Waals surface area contributed by atoms with Gasteiger partial charge in [0.25, 0.3) is 0 Å². The summed E-state index contributed by atoms with van der Waals surface area (Å²) in [5, 5.41) is 0. The van der Waals surface area contributed by atoms with Gasteiger partial charge in [-0.05, 0) is 18.2 Å². The van der Waals surface area contributed by atoms with E-state index >= 15 is 0 Å². The first-order valence-corrected chi connectivity index (χ1v) is 5.24. The van der Waals surface area contributed by atoms with Gasteiger partial charge in [0.05, 0.1) is 18.8 Å². The molecule has 0 aliphatic rings. The van der Waals surface area contributed by atoms with Gasteiger partial charge in [0, 0.05) is 24.0 Å². The van der Waals surface area contributed by atoms with Gasteiger partial charge in [-0.25, -0.2) is 0 Å². The van der Waals surface area contributed by atoms with Crippen LogP contribution in [0.4, 0.5) is 13.2 Å². The lowest BCUT2D eigenvalue weighted by Gasteiger charge is -2.08. The largest absolute Gasteiger partial charge is 0.416 e. The Bertz CT molecular complexity index is 328. The summed E-state index contributed by atoms with van der Waals surface area (Å²) < 4.78 is 46.8. The van der Waals surface area contributed by atoms with Crippen LogP contribution in [-0.2, 0) is 15.1 Å². The molecule has 0 fully saturated rings. The number of hydrogen-bond acceptors (Lipinski definition) is 3. The summed E-state index contributed by atoms with van der Waals surface area (Å²) in [4.78, 5) is 0.422. The van der Waals surface area contributed by atoms with E-state index in [1.807, 2.05) is 0 Å². The van der Waals surface area contributed by atoms with E-state index in [-0.39, 0.29) is 0 Å². The maximum Gasteiger partial charge on any atom is 0.416 e. The van der Waals surface area contributed by atoms with Crippen molar-refractivity contribution >= 4 is 12.0 Å². The van der Waals surface area contributed by atoms with Gasteiger partial charge in [-0.2, -0.15) is 13.2 Å². The average Bonchev–Trinajstić information content (AvgIpc) is 2.24. The van der Waals surface area contributed by atoms with Crippen LogP contribution in [0.5, 0.6) is 0 Å². The highest BCUT2D eigenvalue weighted by Gasteiger charge is 2.30. The fourth-order valence-corrected chi connectivity index (χ4v) is 1.55. The number of hydrogen-bond donors (Lipinski definition) is 0. The van der Waals surface area contributed by atoms with E-state index < -0.39 is 11.7 Å². The molecule has 16 heavy (non-hydrogen) atoms. The first kappa shape index (κ1) is 13.3. The van der Waals surface area contributed by atoms with Crippen molar-refractivity contribution in [3.05, 3.63) is 29.8 Å². The highest BCUT2D eigenvalue weighted by molar-refractivity contribution is 7.94. The molecule has 1 aromatic carbocycles. The van der Waals surface area contributed by atoms with Crippen molar-refractivity contribution in [2.45, 2.75) is 11.1 Å². The zero-order chi connectivity index (χ0) is 12.0. The van der Waals surface area contributed by atoms with E-state index in [0.29, 0.717) is 18.1 Å². The fourth-order valence-electron chi connectivity index (χ4n) is 0.951. The summed E-state index contributed by atoms with van der Waals surface area (Å²) in [7, 11) is 1.53. The molecule has 0 heterocycles. The number of methoxy groups -OCH3 is 1. The minimum atomic E-state index is -4.32. The van der Waals surface area contributed by atoms with Crippen LogP contribution in [0.25, 0.3) is 0 Å². The third-order valence-corrected chi connectivity index (χ3v) is 2.42. The van der Waals surface area contributed by atoms with Crippen molar-refractivity contribution in [1.82, 2.24) is 0 Å². The van der Waals surface area contributed by atoms with Crippen molar-refractivity contribution in [3.8, 4) is 0 Å². The Kier molecular flexibility index (Phi) is 5.11. The smallest absolute Gasteiger partial charge is 0.382 e. The van der Waals surface area contributed by atoms with Crippen molar-refractivity contribution < 1.29 is 22.1 Å². The van der Waals surface area contributed by atoms with Crippen LogP contribution < -0.4 is 0 Å². The Morgan fingerprint density at radius 2 is 2.00 bits per heavy atom. The van der Waals surface area contributed by atoms with E-state index in [1.54, 1.807) is 6.07 Å². The van der Waals surface area contributed by atoms with Gasteiger partial charge in [0.1, 0.15) is 0 Å². The van der Waals surface area contributed by atoms with Gasteiger partial charge in [-0.15, -0.1) is 0 Å². The van der Waals surface area contributed by atoms with Gasteiger partial charge in [-0.3, -0.25) is 0 Å². The summed E-state index contributed by atoms with van der Waals surface area (Å²) in [6.45, 7) is 0.739. The standard InChI is InChI=1S/C10H11F3O2S/c1-14-5-6-15-16-9-4-2-3-8(7-9)10(11,12)13/h2-4,7H,5-6H2,1H3.